The van der Waals surface area contributed by atoms with Gasteiger partial charge in [-0.3, -0.25) is 0 Å². The predicted molar refractivity (Wildman–Crippen MR) is 91.4 cm³/mol. The molecule has 124 valence electrons. The molecule has 2 aliphatic carbocycles. The number of hydrogen-bond donors (Lipinski definition) is 1. The summed E-state index contributed by atoms with van der Waals surface area (Å²) in [7, 11) is 0. The first-order valence-electron chi connectivity index (χ1n) is 9.92. The molecule has 2 fully saturated rings. The summed E-state index contributed by atoms with van der Waals surface area (Å²) in [5, 5.41) is 9.21. The molecule has 0 bridgehead atoms. The highest BCUT2D eigenvalue weighted by Crippen LogP contribution is 2.37. The summed E-state index contributed by atoms with van der Waals surface area (Å²) in [6.07, 6.45) is 20.2. The summed E-state index contributed by atoms with van der Waals surface area (Å²) in [4.78, 5) is 0. The largest absolute Gasteiger partial charge is 0.396 e. The smallest absolute Gasteiger partial charge is 0.0459 e. The highest BCUT2D eigenvalue weighted by atomic mass is 16.3. The number of aliphatic hydroxyl groups is 1. The maximum absolute atomic E-state index is 9.21. The quantitative estimate of drug-likeness (QED) is 0.548. The van der Waals surface area contributed by atoms with Gasteiger partial charge in [0.2, 0.25) is 0 Å². The second-order valence-electron chi connectivity index (χ2n) is 8.03. The third-order valence-electron chi connectivity index (χ3n) is 6.39. The van der Waals surface area contributed by atoms with Crippen LogP contribution in [0.25, 0.3) is 0 Å². The van der Waals surface area contributed by atoms with Gasteiger partial charge in [-0.2, -0.15) is 0 Å². The molecule has 1 nitrogen and oxygen atoms in total. The molecule has 0 unspecified atom stereocenters. The van der Waals surface area contributed by atoms with Crippen LogP contribution in [0.4, 0.5) is 0 Å². The first-order valence-corrected chi connectivity index (χ1v) is 9.92. The monoisotopic (exact) mass is 294 g/mol. The summed E-state index contributed by atoms with van der Waals surface area (Å²) in [6, 6.07) is 0. The van der Waals surface area contributed by atoms with E-state index in [1.807, 2.05) is 0 Å². The maximum atomic E-state index is 9.21. The molecule has 2 aliphatic rings. The van der Waals surface area contributed by atoms with Crippen molar-refractivity contribution in [2.75, 3.05) is 6.61 Å². The summed E-state index contributed by atoms with van der Waals surface area (Å²) in [5.41, 5.74) is 0. The van der Waals surface area contributed by atoms with Crippen LogP contribution in [-0.2, 0) is 0 Å². The summed E-state index contributed by atoms with van der Waals surface area (Å²) < 4.78 is 0. The second-order valence-corrected chi connectivity index (χ2v) is 8.03. The summed E-state index contributed by atoms with van der Waals surface area (Å²) in [6.45, 7) is 2.74. The fourth-order valence-electron chi connectivity index (χ4n) is 4.67. The van der Waals surface area contributed by atoms with Crippen LogP contribution in [-0.4, -0.2) is 11.7 Å². The first kappa shape index (κ1) is 17.3. The van der Waals surface area contributed by atoms with E-state index in [4.69, 9.17) is 0 Å². The van der Waals surface area contributed by atoms with E-state index in [9.17, 15) is 5.11 Å². The van der Waals surface area contributed by atoms with Crippen molar-refractivity contribution in [3.05, 3.63) is 0 Å². The van der Waals surface area contributed by atoms with E-state index >= 15 is 0 Å². The van der Waals surface area contributed by atoms with Crippen LogP contribution in [0.15, 0.2) is 0 Å². The average molecular weight is 295 g/mol. The predicted octanol–water partition coefficient (Wildman–Crippen LogP) is 5.95. The highest BCUT2D eigenvalue weighted by molar-refractivity contribution is 4.76. The number of hydrogen-bond acceptors (Lipinski definition) is 1. The molecule has 0 heterocycles. The normalized spacial score (nSPS) is 34.0. The Morgan fingerprint density at radius 2 is 1.05 bits per heavy atom. The summed E-state index contributed by atoms with van der Waals surface area (Å²) in [5.74, 6) is 3.71. The van der Waals surface area contributed by atoms with Crippen molar-refractivity contribution in [3.8, 4) is 0 Å². The van der Waals surface area contributed by atoms with Crippen molar-refractivity contribution in [2.45, 2.75) is 96.8 Å². The van der Waals surface area contributed by atoms with Crippen LogP contribution in [0.5, 0.6) is 0 Å². The van der Waals surface area contributed by atoms with Gasteiger partial charge in [-0.15, -0.1) is 0 Å². The Morgan fingerprint density at radius 1 is 0.619 bits per heavy atom. The zero-order chi connectivity index (χ0) is 14.9. The van der Waals surface area contributed by atoms with Crippen LogP contribution in [0, 0.1) is 23.7 Å². The Balaban J connectivity index is 1.53. The molecule has 0 aromatic heterocycles. The van der Waals surface area contributed by atoms with Gasteiger partial charge >= 0.3 is 0 Å². The Labute approximate surface area is 132 Å². The fourth-order valence-corrected chi connectivity index (χ4v) is 4.67. The van der Waals surface area contributed by atoms with Gasteiger partial charge in [0, 0.05) is 6.61 Å². The fraction of sp³-hybridized carbons (Fsp3) is 1.00. The molecule has 0 spiro atoms. The van der Waals surface area contributed by atoms with Gasteiger partial charge in [-0.05, 0) is 36.5 Å². The van der Waals surface area contributed by atoms with Crippen LogP contribution < -0.4 is 0 Å². The van der Waals surface area contributed by atoms with Crippen molar-refractivity contribution >= 4 is 0 Å². The van der Waals surface area contributed by atoms with Crippen molar-refractivity contribution in [1.29, 1.82) is 0 Å². The van der Waals surface area contributed by atoms with Crippen LogP contribution in [0.2, 0.25) is 0 Å². The molecule has 0 saturated heterocycles. The van der Waals surface area contributed by atoms with Gasteiger partial charge in [0.1, 0.15) is 0 Å². The average Bonchev–Trinajstić information content (AvgIpc) is 2.55. The molecule has 0 aromatic rings. The Morgan fingerprint density at radius 3 is 1.48 bits per heavy atom. The maximum Gasteiger partial charge on any atom is 0.0459 e. The number of unbranched alkanes of at least 4 members (excludes halogenated alkanes) is 2. The topological polar surface area (TPSA) is 20.2 Å². The second kappa shape index (κ2) is 9.87. The van der Waals surface area contributed by atoms with E-state index in [0.29, 0.717) is 12.5 Å². The van der Waals surface area contributed by atoms with Gasteiger partial charge in [0.05, 0.1) is 0 Å². The van der Waals surface area contributed by atoms with Gasteiger partial charge in [-0.25, -0.2) is 0 Å². The molecule has 1 N–H and O–H groups in total. The third-order valence-corrected chi connectivity index (χ3v) is 6.39. The lowest BCUT2D eigenvalue weighted by molar-refractivity contribution is 0.157. The zero-order valence-corrected chi connectivity index (χ0v) is 14.4. The molecular formula is C20H38O. The molecule has 2 saturated carbocycles. The van der Waals surface area contributed by atoms with E-state index in [0.717, 1.165) is 17.8 Å². The molecule has 0 aliphatic heterocycles. The molecule has 2 rings (SSSR count). The van der Waals surface area contributed by atoms with E-state index in [1.165, 1.54) is 89.9 Å². The van der Waals surface area contributed by atoms with Gasteiger partial charge < -0.3 is 5.11 Å². The van der Waals surface area contributed by atoms with Crippen molar-refractivity contribution < 1.29 is 5.11 Å². The van der Waals surface area contributed by atoms with E-state index in [2.05, 4.69) is 6.92 Å². The van der Waals surface area contributed by atoms with Crippen molar-refractivity contribution in [3.63, 3.8) is 0 Å². The minimum absolute atomic E-state index is 0.425. The molecule has 0 amide bonds. The highest BCUT2D eigenvalue weighted by Gasteiger charge is 2.24. The van der Waals surface area contributed by atoms with E-state index < -0.39 is 0 Å². The van der Waals surface area contributed by atoms with Crippen molar-refractivity contribution in [2.24, 2.45) is 23.7 Å². The van der Waals surface area contributed by atoms with Crippen LogP contribution in [0.3, 0.4) is 0 Å². The molecule has 0 aromatic carbocycles. The standard InChI is InChI=1S/C20H38O/c1-2-3-4-5-17-6-8-18(9-7-17)10-11-19-12-14-20(16-21)15-13-19/h17-21H,2-16H2,1H3/t17-,18-,19-,20-. The summed E-state index contributed by atoms with van der Waals surface area (Å²) >= 11 is 0. The Hall–Kier alpha value is -0.0400. The van der Waals surface area contributed by atoms with Crippen LogP contribution in [0.1, 0.15) is 96.8 Å². The lowest BCUT2D eigenvalue weighted by Crippen LogP contribution is -2.19. The molecule has 1 heteroatoms. The van der Waals surface area contributed by atoms with E-state index in [-0.39, 0.29) is 0 Å². The SMILES string of the molecule is CCCCC[C@H]1CC[C@H](CC[C@H]2CC[C@H](CO)CC2)CC1. The lowest BCUT2D eigenvalue weighted by Gasteiger charge is -2.31. The Bertz CT molecular complexity index is 247. The Kier molecular flexibility index (Phi) is 8.14. The third kappa shape index (κ3) is 6.30. The molecule has 21 heavy (non-hydrogen) atoms. The first-order chi connectivity index (χ1) is 10.3. The van der Waals surface area contributed by atoms with E-state index in [1.54, 1.807) is 0 Å². The lowest BCUT2D eigenvalue weighted by atomic mass is 9.75. The molecule has 0 radical (unpaired) electrons. The van der Waals surface area contributed by atoms with Gasteiger partial charge in [0.15, 0.2) is 0 Å². The van der Waals surface area contributed by atoms with Crippen molar-refractivity contribution in [1.82, 2.24) is 0 Å². The number of aliphatic hydroxyl groups excluding tert-OH is 1. The van der Waals surface area contributed by atoms with Gasteiger partial charge in [-0.1, -0.05) is 84.0 Å². The zero-order valence-electron chi connectivity index (χ0n) is 14.4. The molecular weight excluding hydrogens is 256 g/mol. The van der Waals surface area contributed by atoms with Gasteiger partial charge in [0.25, 0.3) is 0 Å². The van der Waals surface area contributed by atoms with Crippen LogP contribution >= 0.6 is 0 Å². The minimum Gasteiger partial charge on any atom is -0.396 e. The minimum atomic E-state index is 0.425. The molecule has 0 atom stereocenters. The number of rotatable bonds is 8.